The van der Waals surface area contributed by atoms with Gasteiger partial charge in [0.25, 0.3) is 5.91 Å². The minimum atomic E-state index is -0.225. The summed E-state index contributed by atoms with van der Waals surface area (Å²) in [7, 11) is 0. The summed E-state index contributed by atoms with van der Waals surface area (Å²) >= 11 is 0. The highest BCUT2D eigenvalue weighted by Crippen LogP contribution is 2.29. The second kappa shape index (κ2) is 10.4. The third-order valence-corrected chi connectivity index (χ3v) is 4.84. The molecule has 0 aromatic heterocycles. The Labute approximate surface area is 176 Å². The van der Waals surface area contributed by atoms with E-state index >= 15 is 0 Å². The zero-order valence-corrected chi connectivity index (χ0v) is 17.1. The minimum absolute atomic E-state index is 0.0757. The number of para-hydroxylation sites is 3. The topological polar surface area (TPSA) is 87.7 Å². The second-order valence-electron chi connectivity index (χ2n) is 7.00. The Morgan fingerprint density at radius 1 is 1.10 bits per heavy atom. The van der Waals surface area contributed by atoms with Gasteiger partial charge in [-0.25, -0.2) is 0 Å². The summed E-state index contributed by atoms with van der Waals surface area (Å²) in [5.41, 5.74) is 1.84. The highest BCUT2D eigenvalue weighted by atomic mass is 16.5. The lowest BCUT2D eigenvalue weighted by atomic mass is 10.2. The van der Waals surface area contributed by atoms with Gasteiger partial charge in [0.15, 0.2) is 0 Å². The third kappa shape index (κ3) is 5.37. The first kappa shape index (κ1) is 21.4. The number of anilines is 2. The van der Waals surface area contributed by atoms with Crippen molar-refractivity contribution in [3.05, 3.63) is 54.1 Å². The van der Waals surface area contributed by atoms with Crippen molar-refractivity contribution in [3.63, 3.8) is 0 Å². The largest absolute Gasteiger partial charge is 0.493 e. The van der Waals surface area contributed by atoms with Crippen LogP contribution in [0.1, 0.15) is 43.0 Å². The average Bonchev–Trinajstić information content (AvgIpc) is 3.18. The second-order valence-corrected chi connectivity index (χ2v) is 7.00. The number of hydrogen-bond donors (Lipinski definition) is 2. The van der Waals surface area contributed by atoms with Crippen LogP contribution in [-0.4, -0.2) is 37.4 Å². The molecule has 1 saturated heterocycles. The van der Waals surface area contributed by atoms with E-state index in [1.165, 1.54) is 0 Å². The summed E-state index contributed by atoms with van der Waals surface area (Å²) < 4.78 is 5.48. The Morgan fingerprint density at radius 3 is 2.63 bits per heavy atom. The van der Waals surface area contributed by atoms with E-state index in [0.717, 1.165) is 12.1 Å². The molecule has 1 heterocycles. The van der Waals surface area contributed by atoms with Gasteiger partial charge in [0, 0.05) is 25.9 Å². The van der Waals surface area contributed by atoms with E-state index in [1.54, 1.807) is 29.2 Å². The normalized spacial score (nSPS) is 13.2. The first-order chi connectivity index (χ1) is 14.6. The number of ether oxygens (including phenoxy) is 1. The summed E-state index contributed by atoms with van der Waals surface area (Å²) in [6, 6.07) is 14.4. The summed E-state index contributed by atoms with van der Waals surface area (Å²) in [5.74, 6) is 0.241. The Morgan fingerprint density at radius 2 is 1.87 bits per heavy atom. The molecule has 2 aromatic carbocycles. The zero-order valence-electron chi connectivity index (χ0n) is 17.1. The molecule has 30 heavy (non-hydrogen) atoms. The quantitative estimate of drug-likeness (QED) is 0.622. The van der Waals surface area contributed by atoms with Gasteiger partial charge in [-0.05, 0) is 44.0 Å². The van der Waals surface area contributed by atoms with Crippen LogP contribution in [0.3, 0.4) is 0 Å². The first-order valence-corrected chi connectivity index (χ1v) is 10.3. The maximum Gasteiger partial charge on any atom is 0.255 e. The van der Waals surface area contributed by atoms with Crippen LogP contribution < -0.4 is 20.3 Å². The van der Waals surface area contributed by atoms with Crippen molar-refractivity contribution in [2.45, 2.75) is 32.6 Å². The predicted octanol–water partition coefficient (Wildman–Crippen LogP) is 3.36. The van der Waals surface area contributed by atoms with Crippen molar-refractivity contribution in [2.24, 2.45) is 0 Å². The van der Waals surface area contributed by atoms with Crippen molar-refractivity contribution in [1.29, 1.82) is 0 Å². The van der Waals surface area contributed by atoms with Crippen LogP contribution in [0.25, 0.3) is 0 Å². The van der Waals surface area contributed by atoms with Crippen LogP contribution in [0.5, 0.6) is 5.75 Å². The zero-order chi connectivity index (χ0) is 21.3. The van der Waals surface area contributed by atoms with Crippen molar-refractivity contribution in [1.82, 2.24) is 5.32 Å². The van der Waals surface area contributed by atoms with Crippen LogP contribution in [-0.2, 0) is 9.59 Å². The number of rotatable bonds is 9. The highest BCUT2D eigenvalue weighted by molar-refractivity contribution is 6.02. The fourth-order valence-electron chi connectivity index (χ4n) is 3.41. The standard InChI is InChI=1S/C23H27N3O4/c1-2-30-20-12-6-3-9-17(20)23(29)24-15-7-13-21(27)25-18-10-4-5-11-19(18)26-16-8-14-22(26)28/h3-6,9-12H,2,7-8,13-16H2,1H3,(H,24,29)(H,25,27). The lowest BCUT2D eigenvalue weighted by Crippen LogP contribution is -2.27. The smallest absolute Gasteiger partial charge is 0.255 e. The number of carbonyl (C=O) groups is 3. The number of nitrogens with one attached hydrogen (secondary N) is 2. The maximum atomic E-state index is 12.4. The van der Waals surface area contributed by atoms with E-state index in [0.29, 0.717) is 49.5 Å². The molecule has 1 aliphatic heterocycles. The molecule has 0 atom stereocenters. The van der Waals surface area contributed by atoms with Gasteiger partial charge in [-0.15, -0.1) is 0 Å². The molecule has 3 rings (SSSR count). The van der Waals surface area contributed by atoms with Gasteiger partial charge in [-0.1, -0.05) is 24.3 Å². The van der Waals surface area contributed by atoms with E-state index in [4.69, 9.17) is 4.74 Å². The van der Waals surface area contributed by atoms with Crippen LogP contribution in [0.15, 0.2) is 48.5 Å². The van der Waals surface area contributed by atoms with E-state index in [-0.39, 0.29) is 24.1 Å². The van der Waals surface area contributed by atoms with Crippen molar-refractivity contribution >= 4 is 29.1 Å². The van der Waals surface area contributed by atoms with E-state index < -0.39 is 0 Å². The summed E-state index contributed by atoms with van der Waals surface area (Å²) in [4.78, 5) is 38.5. The lowest BCUT2D eigenvalue weighted by Gasteiger charge is -2.20. The summed E-state index contributed by atoms with van der Waals surface area (Å²) in [6.45, 7) is 3.39. The molecule has 0 spiro atoms. The van der Waals surface area contributed by atoms with E-state index in [1.807, 2.05) is 31.2 Å². The monoisotopic (exact) mass is 409 g/mol. The maximum absolute atomic E-state index is 12.4. The van der Waals surface area contributed by atoms with Gasteiger partial charge in [0.05, 0.1) is 23.5 Å². The predicted molar refractivity (Wildman–Crippen MR) is 116 cm³/mol. The highest BCUT2D eigenvalue weighted by Gasteiger charge is 2.24. The number of nitrogens with zero attached hydrogens (tertiary/aromatic N) is 1. The molecular formula is C23H27N3O4. The molecule has 2 N–H and O–H groups in total. The van der Waals surface area contributed by atoms with Gasteiger partial charge in [0.2, 0.25) is 11.8 Å². The minimum Gasteiger partial charge on any atom is -0.493 e. The molecule has 0 unspecified atom stereocenters. The molecule has 1 aliphatic rings. The van der Waals surface area contributed by atoms with Gasteiger partial charge in [-0.2, -0.15) is 0 Å². The molecule has 0 saturated carbocycles. The number of hydrogen-bond acceptors (Lipinski definition) is 4. The third-order valence-electron chi connectivity index (χ3n) is 4.84. The Bertz CT molecular complexity index is 913. The molecular weight excluding hydrogens is 382 g/mol. The molecule has 158 valence electrons. The van der Waals surface area contributed by atoms with Crippen molar-refractivity contribution < 1.29 is 19.1 Å². The van der Waals surface area contributed by atoms with E-state index in [2.05, 4.69) is 10.6 Å². The van der Waals surface area contributed by atoms with Gasteiger partial charge in [0.1, 0.15) is 5.75 Å². The van der Waals surface area contributed by atoms with E-state index in [9.17, 15) is 14.4 Å². The Balaban J connectivity index is 1.48. The van der Waals surface area contributed by atoms with Crippen LogP contribution in [0.4, 0.5) is 11.4 Å². The van der Waals surface area contributed by atoms with Crippen molar-refractivity contribution in [3.8, 4) is 5.75 Å². The van der Waals surface area contributed by atoms with Crippen LogP contribution in [0.2, 0.25) is 0 Å². The molecule has 3 amide bonds. The molecule has 0 aliphatic carbocycles. The van der Waals surface area contributed by atoms with Crippen LogP contribution in [0, 0.1) is 0 Å². The van der Waals surface area contributed by atoms with Crippen molar-refractivity contribution in [2.75, 3.05) is 29.9 Å². The first-order valence-electron chi connectivity index (χ1n) is 10.3. The number of carbonyl (C=O) groups excluding carboxylic acids is 3. The fraction of sp³-hybridized carbons (Fsp3) is 0.348. The van der Waals surface area contributed by atoms with Gasteiger partial charge >= 0.3 is 0 Å². The number of benzene rings is 2. The molecule has 1 fully saturated rings. The molecule has 7 heteroatoms. The molecule has 7 nitrogen and oxygen atoms in total. The number of amides is 3. The summed E-state index contributed by atoms with van der Waals surface area (Å²) in [6.07, 6.45) is 2.12. The molecule has 2 aromatic rings. The SMILES string of the molecule is CCOc1ccccc1C(=O)NCCCC(=O)Nc1ccccc1N1CCCC1=O. The fourth-order valence-corrected chi connectivity index (χ4v) is 3.41. The average molecular weight is 409 g/mol. The Kier molecular flexibility index (Phi) is 7.43. The van der Waals surface area contributed by atoms with Crippen LogP contribution >= 0.6 is 0 Å². The Hall–Kier alpha value is -3.35. The van der Waals surface area contributed by atoms with Gasteiger partial charge in [-0.3, -0.25) is 14.4 Å². The lowest BCUT2D eigenvalue weighted by molar-refractivity contribution is -0.117. The molecule has 0 bridgehead atoms. The van der Waals surface area contributed by atoms with Gasteiger partial charge < -0.3 is 20.3 Å². The summed E-state index contributed by atoms with van der Waals surface area (Å²) in [5, 5.41) is 5.72. The molecule has 0 radical (unpaired) electrons.